The van der Waals surface area contributed by atoms with Gasteiger partial charge in [-0.3, -0.25) is 14.5 Å². The van der Waals surface area contributed by atoms with Crippen LogP contribution < -0.4 is 10.6 Å². The van der Waals surface area contributed by atoms with Gasteiger partial charge >= 0.3 is 11.9 Å². The number of nitrogens with one attached hydrogen (secondary N) is 2. The van der Waals surface area contributed by atoms with E-state index in [0.29, 0.717) is 48.2 Å². The standard InChI is InChI=1S/C47H82N4O14S2.CH2O2/c1-15-33-47(10,58)38(53)29(6)51(19-16-18-48-44(66)49-31-17-20-67-37(31)42(56)59-13)24-25(2)22-45(8,57)40(65-43-35(52)32(50(11)12)21-26(3)61-43)27(4)36(28(5)41(55)63-33)64-34-23-46(9,60-14)39(54)30(7)62-34;2-1-3/h17,20,25-30,32-36,38-40,43,52-54,57-58H,15-16,18-19,21-24H2,1-14H3,(H2,48,49,66);1H,(H,2,3)/t25-,26-,27+,28-,29-,30+,32+,33-,34+,35-,36+,38-,39+,40-,43+,45-,46-,47-;/m1./s1. The molecule has 3 saturated heterocycles. The lowest BCUT2D eigenvalue weighted by Gasteiger charge is -2.48. The van der Waals surface area contributed by atoms with E-state index in [0.717, 1.165) is 0 Å². The van der Waals surface area contributed by atoms with Crippen LogP contribution in [0.3, 0.4) is 0 Å². The lowest BCUT2D eigenvalue weighted by molar-refractivity contribution is -0.318. The molecule has 3 fully saturated rings. The lowest BCUT2D eigenvalue weighted by Crippen LogP contribution is -2.60. The fraction of sp³-hybridized carbons (Fsp3) is 0.833. The van der Waals surface area contributed by atoms with Gasteiger partial charge in [-0.1, -0.05) is 20.8 Å². The first-order valence-corrected chi connectivity index (χ1v) is 25.5. The molecule has 0 amide bonds. The van der Waals surface area contributed by atoms with Crippen molar-refractivity contribution in [2.45, 2.75) is 192 Å². The normalized spacial score (nSPS) is 39.3. The van der Waals surface area contributed by atoms with Crippen molar-refractivity contribution >= 4 is 52.8 Å². The highest BCUT2D eigenvalue weighted by Gasteiger charge is 2.53. The van der Waals surface area contributed by atoms with Gasteiger partial charge in [-0.2, -0.15) is 0 Å². The van der Waals surface area contributed by atoms with Crippen molar-refractivity contribution in [1.82, 2.24) is 15.1 Å². The van der Waals surface area contributed by atoms with Crippen molar-refractivity contribution < 1.29 is 78.2 Å². The third-order valence-corrected chi connectivity index (χ3v) is 15.4. The van der Waals surface area contributed by atoms with E-state index >= 15 is 0 Å². The van der Waals surface area contributed by atoms with E-state index in [1.165, 1.54) is 32.5 Å². The molecule has 0 bridgehead atoms. The molecule has 70 heavy (non-hydrogen) atoms. The van der Waals surface area contributed by atoms with Crippen LogP contribution in [0.2, 0.25) is 0 Å². The maximum Gasteiger partial charge on any atom is 0.350 e. The molecule has 20 nitrogen and oxygen atoms in total. The molecule has 8 N–H and O–H groups in total. The number of cyclic esters (lactones) is 1. The summed E-state index contributed by atoms with van der Waals surface area (Å²) in [4.78, 5) is 39.5. The van der Waals surface area contributed by atoms with Gasteiger partial charge in [-0.15, -0.1) is 11.3 Å². The second-order valence-electron chi connectivity index (χ2n) is 20.2. The van der Waals surface area contributed by atoms with Crippen LogP contribution in [-0.4, -0.2) is 202 Å². The molecule has 4 rings (SSSR count). The summed E-state index contributed by atoms with van der Waals surface area (Å²) in [6.07, 6.45) is -8.52. The largest absolute Gasteiger partial charge is 0.483 e. The number of rotatable bonds is 13. The molecule has 22 heteroatoms. The molecule has 0 unspecified atom stereocenters. The Morgan fingerprint density at radius 2 is 1.67 bits per heavy atom. The first kappa shape index (κ1) is 61.6. The minimum absolute atomic E-state index is 0.0976. The van der Waals surface area contributed by atoms with Gasteiger partial charge in [-0.25, -0.2) is 4.79 Å². The Morgan fingerprint density at radius 1 is 1.03 bits per heavy atom. The second-order valence-corrected chi connectivity index (χ2v) is 21.5. The van der Waals surface area contributed by atoms with Crippen molar-refractivity contribution in [1.29, 1.82) is 0 Å². The van der Waals surface area contributed by atoms with Gasteiger partial charge in [0.25, 0.3) is 6.47 Å². The van der Waals surface area contributed by atoms with E-state index in [-0.39, 0.29) is 43.8 Å². The van der Waals surface area contributed by atoms with Crippen LogP contribution in [0.1, 0.15) is 111 Å². The zero-order valence-corrected chi connectivity index (χ0v) is 45.2. The summed E-state index contributed by atoms with van der Waals surface area (Å²) in [5.74, 6) is -3.36. The highest BCUT2D eigenvalue weighted by atomic mass is 32.1. The average molecular weight is 1040 g/mol. The molecule has 18 atom stereocenters. The number of carbonyl (C=O) groups is 3. The smallest absolute Gasteiger partial charge is 0.350 e. The number of nitrogens with zero attached hydrogens (tertiary/aromatic N) is 2. The molecule has 0 saturated carbocycles. The molecule has 0 spiro atoms. The van der Waals surface area contributed by atoms with E-state index in [1.54, 1.807) is 46.1 Å². The number of aliphatic hydroxyl groups is 5. The molecular formula is C48H84N4O16S2. The summed E-state index contributed by atoms with van der Waals surface area (Å²) in [7, 11) is 6.56. The minimum atomic E-state index is -1.92. The van der Waals surface area contributed by atoms with Gasteiger partial charge in [0, 0.05) is 51.2 Å². The van der Waals surface area contributed by atoms with E-state index < -0.39 is 102 Å². The molecule has 3 aliphatic heterocycles. The molecular weight excluding hydrogens is 953 g/mol. The predicted molar refractivity (Wildman–Crippen MR) is 266 cm³/mol. The molecule has 4 heterocycles. The monoisotopic (exact) mass is 1040 g/mol. The Balaban J connectivity index is 0.00000421. The van der Waals surface area contributed by atoms with Crippen molar-refractivity contribution in [3.05, 3.63) is 16.3 Å². The first-order valence-electron chi connectivity index (χ1n) is 24.2. The number of hydrogen-bond donors (Lipinski definition) is 8. The van der Waals surface area contributed by atoms with Crippen molar-refractivity contribution in [2.24, 2.45) is 17.8 Å². The maximum atomic E-state index is 14.5. The van der Waals surface area contributed by atoms with Crippen molar-refractivity contribution in [3.63, 3.8) is 0 Å². The minimum Gasteiger partial charge on any atom is -0.483 e. The van der Waals surface area contributed by atoms with Crippen LogP contribution in [-0.2, 0) is 42.7 Å². The van der Waals surface area contributed by atoms with E-state index in [4.69, 9.17) is 55.3 Å². The topological polar surface area (TPSA) is 268 Å². The molecule has 404 valence electrons. The van der Waals surface area contributed by atoms with Crippen LogP contribution in [0.4, 0.5) is 5.69 Å². The Labute approximate surface area is 423 Å². The van der Waals surface area contributed by atoms with Gasteiger partial charge in [-0.05, 0) is 118 Å². The SMILES string of the molecule is CC[C@H]1OC(=O)[C@H](C)[C@@H](O[C@H]2C[C@@](C)(OC)[C@@H](O)[C@H](C)O2)[C@H](C)[C@@H](O[C@@H]2O[C@H](C)C[C@H](N(C)C)[C@H]2O)[C@](C)(O)C[C@@H](C)CN(CCCNC(=S)Nc2ccsc2C(=O)OC)[C@H](C)[C@@H](O)[C@]1(C)O.O=CO. The van der Waals surface area contributed by atoms with Crippen molar-refractivity contribution in [3.8, 4) is 0 Å². The number of methoxy groups -OCH3 is 2. The van der Waals surface area contributed by atoms with Gasteiger partial charge in [0.05, 0.1) is 54.3 Å². The number of thiophene rings is 1. The average Bonchev–Trinajstić information content (AvgIpc) is 3.76. The van der Waals surface area contributed by atoms with Crippen LogP contribution in [0.5, 0.6) is 0 Å². The number of anilines is 1. The number of esters is 2. The zero-order chi connectivity index (χ0) is 53.1. The van der Waals surface area contributed by atoms with E-state index in [9.17, 15) is 35.1 Å². The number of hydrogen-bond acceptors (Lipinski definition) is 19. The third-order valence-electron chi connectivity index (χ3n) is 14.2. The fourth-order valence-corrected chi connectivity index (χ4v) is 11.2. The molecule has 0 radical (unpaired) electrons. The third kappa shape index (κ3) is 15.7. The number of thiocarbonyl (C=S) groups is 1. The zero-order valence-electron chi connectivity index (χ0n) is 43.5. The summed E-state index contributed by atoms with van der Waals surface area (Å²) in [5, 5.41) is 75.1. The highest BCUT2D eigenvalue weighted by Crippen LogP contribution is 2.40. The summed E-state index contributed by atoms with van der Waals surface area (Å²) in [6, 6.07) is 0.744. The Bertz CT molecular complexity index is 1810. The lowest BCUT2D eigenvalue weighted by atomic mass is 9.77. The number of carboxylic acid groups (broad SMARTS) is 1. The molecule has 0 aliphatic carbocycles. The number of ether oxygens (including phenoxy) is 7. The van der Waals surface area contributed by atoms with Gasteiger partial charge < -0.3 is 79.3 Å². The summed E-state index contributed by atoms with van der Waals surface area (Å²) in [5.41, 5.74) is -4.11. The summed E-state index contributed by atoms with van der Waals surface area (Å²) < 4.78 is 42.9. The predicted octanol–water partition coefficient (Wildman–Crippen LogP) is 3.20. The summed E-state index contributed by atoms with van der Waals surface area (Å²) >= 11 is 6.78. The van der Waals surface area contributed by atoms with E-state index in [1.807, 2.05) is 51.6 Å². The molecule has 3 aliphatic rings. The number of carbonyl (C=O) groups excluding carboxylic acids is 2. The van der Waals surface area contributed by atoms with Gasteiger partial charge in [0.2, 0.25) is 0 Å². The molecule has 1 aromatic heterocycles. The molecule has 0 aromatic carbocycles. The number of aliphatic hydroxyl groups excluding tert-OH is 3. The number of likely N-dealkylation sites (N-methyl/N-ethyl adjacent to an activating group) is 1. The Morgan fingerprint density at radius 3 is 2.26 bits per heavy atom. The fourth-order valence-electron chi connectivity index (χ4n) is 10.2. The van der Waals surface area contributed by atoms with Gasteiger partial charge in [0.1, 0.15) is 34.9 Å². The Hall–Kier alpha value is -2.68. The van der Waals surface area contributed by atoms with Crippen LogP contribution >= 0.6 is 23.6 Å². The Kier molecular flexibility index (Phi) is 23.8. The van der Waals surface area contributed by atoms with Crippen molar-refractivity contribution in [2.75, 3.05) is 53.3 Å². The van der Waals surface area contributed by atoms with Crippen LogP contribution in [0.15, 0.2) is 11.4 Å². The van der Waals surface area contributed by atoms with E-state index in [2.05, 4.69) is 10.6 Å². The quantitative estimate of drug-likeness (QED) is 0.0610. The maximum absolute atomic E-state index is 14.5. The summed E-state index contributed by atoms with van der Waals surface area (Å²) in [6.45, 7) is 18.4. The van der Waals surface area contributed by atoms with Gasteiger partial charge in [0.15, 0.2) is 17.7 Å². The molecule has 1 aromatic rings. The van der Waals surface area contributed by atoms with Crippen LogP contribution in [0.25, 0.3) is 0 Å². The van der Waals surface area contributed by atoms with Crippen LogP contribution in [0, 0.1) is 17.8 Å². The second kappa shape index (κ2) is 27.0. The highest BCUT2D eigenvalue weighted by molar-refractivity contribution is 7.80. The first-order chi connectivity index (χ1) is 32.6.